The number of hydrogen-bond donors (Lipinski definition) is 0. The molecule has 278 valence electrons. The summed E-state index contributed by atoms with van der Waals surface area (Å²) in [7, 11) is 0. The molecular formula is C58H46. The van der Waals surface area contributed by atoms with Gasteiger partial charge in [-0.05, 0) is 163 Å². The van der Waals surface area contributed by atoms with E-state index in [1.54, 1.807) is 0 Å². The summed E-state index contributed by atoms with van der Waals surface area (Å²) >= 11 is 0. The van der Waals surface area contributed by atoms with Crippen molar-refractivity contribution >= 4 is 53.9 Å². The highest BCUT2D eigenvalue weighted by molar-refractivity contribution is 6.23. The van der Waals surface area contributed by atoms with Crippen molar-refractivity contribution in [1.82, 2.24) is 0 Å². The lowest BCUT2D eigenvalue weighted by molar-refractivity contribution is 0.332. The Hall–Kier alpha value is -6.50. The Labute approximate surface area is 356 Å². The predicted molar refractivity (Wildman–Crippen MR) is 251 cm³/mol. The molecule has 10 aromatic rings. The Kier molecular flexibility index (Phi) is 5.61. The van der Waals surface area contributed by atoms with Crippen molar-refractivity contribution in [1.29, 1.82) is 0 Å². The zero-order chi connectivity index (χ0) is 48.7. The van der Waals surface area contributed by atoms with E-state index in [0.717, 1.165) is 67.6 Å². The minimum absolute atomic E-state index is 0.00645. The van der Waals surface area contributed by atoms with E-state index in [2.05, 4.69) is 76.2 Å². The van der Waals surface area contributed by atoms with Crippen LogP contribution in [0.3, 0.4) is 0 Å². The fourth-order valence-corrected chi connectivity index (χ4v) is 9.53. The van der Waals surface area contributed by atoms with Crippen LogP contribution in [0.2, 0.25) is 0 Å². The highest BCUT2D eigenvalue weighted by atomic mass is 14.4. The second-order valence-electron chi connectivity index (χ2n) is 17.0. The molecule has 0 heteroatoms. The van der Waals surface area contributed by atoms with E-state index in [1.165, 1.54) is 0 Å². The van der Waals surface area contributed by atoms with E-state index in [0.29, 0.717) is 33.0 Å². The summed E-state index contributed by atoms with van der Waals surface area (Å²) < 4.78 is 102. The number of hydrogen-bond acceptors (Lipinski definition) is 0. The topological polar surface area (TPSA) is 0 Å². The fourth-order valence-electron chi connectivity index (χ4n) is 9.53. The van der Waals surface area contributed by atoms with Crippen molar-refractivity contribution in [3.63, 3.8) is 0 Å². The molecule has 0 heterocycles. The van der Waals surface area contributed by atoms with Crippen LogP contribution in [-0.4, -0.2) is 0 Å². The molecule has 0 atom stereocenters. The van der Waals surface area contributed by atoms with Crippen LogP contribution in [0.1, 0.15) is 66.7 Å². The van der Waals surface area contributed by atoms with E-state index in [4.69, 9.17) is 6.85 Å². The Morgan fingerprint density at radius 3 is 1.69 bits per heavy atom. The molecule has 0 bridgehead atoms. The second kappa shape index (κ2) is 13.0. The Morgan fingerprint density at radius 2 is 0.948 bits per heavy atom. The van der Waals surface area contributed by atoms with Crippen LogP contribution in [0, 0.1) is 0 Å². The molecule has 0 amide bonds. The molecule has 0 saturated carbocycles. The highest BCUT2D eigenvalue weighted by Gasteiger charge is 2.38. The second-order valence-corrected chi connectivity index (χ2v) is 17.0. The van der Waals surface area contributed by atoms with Crippen molar-refractivity contribution in [3.8, 4) is 44.5 Å². The van der Waals surface area contributed by atoms with Crippen molar-refractivity contribution in [2.24, 2.45) is 0 Å². The molecule has 1 aliphatic carbocycles. The lowest BCUT2D eigenvalue weighted by Gasteiger charge is -2.42. The largest absolute Gasteiger partial charge is 0.0636 e. The average Bonchev–Trinajstić information content (AvgIpc) is 3.35. The summed E-state index contributed by atoms with van der Waals surface area (Å²) in [6, 6.07) is 34.3. The molecule has 0 spiro atoms. The quantitative estimate of drug-likeness (QED) is 0.124. The molecule has 0 unspecified atom stereocenters. The molecule has 58 heavy (non-hydrogen) atoms. The molecular weight excluding hydrogens is 697 g/mol. The first-order valence-electron chi connectivity index (χ1n) is 25.5. The standard InChI is InChI=1S/C58H46/c1-57(2)30-31-58(3,4)54-36-52(51(35-53(54)57)41-29-28-37-16-5-6-17-38(37)32-41)56-48-26-13-11-24-46(48)55(47-25-12-14-27-49(47)56)42-20-15-19-39(33-42)50-34-40-18-7-8-21-43(40)44-22-9-10-23-45(44)50/h5-29,32-36H,30-31H2,1-4H3/i5D,6D,11D,13D,16D,17D,24D,26D,28D,29D,32D. The van der Waals surface area contributed by atoms with Gasteiger partial charge in [0.1, 0.15) is 0 Å². The van der Waals surface area contributed by atoms with Crippen LogP contribution in [0.4, 0.5) is 0 Å². The van der Waals surface area contributed by atoms with E-state index >= 15 is 0 Å². The van der Waals surface area contributed by atoms with Gasteiger partial charge in [-0.2, -0.15) is 0 Å². The van der Waals surface area contributed by atoms with Gasteiger partial charge in [0.05, 0.1) is 15.1 Å². The number of fused-ring (bicyclic) bond motifs is 7. The summed E-state index contributed by atoms with van der Waals surface area (Å²) in [6.07, 6.45) is 1.69. The minimum Gasteiger partial charge on any atom is -0.0616 e. The summed E-state index contributed by atoms with van der Waals surface area (Å²) in [4.78, 5) is 0. The van der Waals surface area contributed by atoms with Crippen LogP contribution >= 0.6 is 0 Å². The zero-order valence-electron chi connectivity index (χ0n) is 43.9. The zero-order valence-corrected chi connectivity index (χ0v) is 32.9. The molecule has 0 fully saturated rings. The summed E-state index contributed by atoms with van der Waals surface area (Å²) in [5.41, 5.74) is 5.95. The van der Waals surface area contributed by atoms with Crippen LogP contribution in [0.25, 0.3) is 98.4 Å². The Balaban J connectivity index is 1.31. The predicted octanol–water partition coefficient (Wildman–Crippen LogP) is 16.5. The third-order valence-corrected chi connectivity index (χ3v) is 12.7. The van der Waals surface area contributed by atoms with Crippen LogP contribution in [-0.2, 0) is 10.8 Å². The van der Waals surface area contributed by atoms with E-state index in [1.807, 2.05) is 66.7 Å². The fraction of sp³-hybridized carbons (Fsp3) is 0.138. The molecule has 0 saturated heterocycles. The third-order valence-electron chi connectivity index (χ3n) is 12.7. The van der Waals surface area contributed by atoms with Crippen LogP contribution < -0.4 is 0 Å². The SMILES string of the molecule is [2H]c1c([2H])c([2H])c2c([2H])c(-c3cc4c(cc3-c3c5ccccc5c(-c5cccc(-c6cc7ccccc7c7ccccc67)c5)c5c([2H])c([2H])c([2H])c([2H])c35)C(C)(C)CCC4(C)C)c([2H])c([2H])c2c1[2H]. The van der Waals surface area contributed by atoms with Gasteiger partial charge in [0.2, 0.25) is 0 Å². The molecule has 0 N–H and O–H groups in total. The van der Waals surface area contributed by atoms with Gasteiger partial charge in [-0.15, -0.1) is 0 Å². The monoisotopic (exact) mass is 753 g/mol. The van der Waals surface area contributed by atoms with Gasteiger partial charge in [0, 0.05) is 0 Å². The smallest absolute Gasteiger partial charge is 0.0616 e. The Morgan fingerprint density at radius 1 is 0.379 bits per heavy atom. The molecule has 0 aromatic heterocycles. The first kappa shape index (κ1) is 25.0. The lowest BCUT2D eigenvalue weighted by atomic mass is 9.62. The molecule has 1 aliphatic rings. The van der Waals surface area contributed by atoms with Crippen molar-refractivity contribution in [3.05, 3.63) is 193 Å². The lowest BCUT2D eigenvalue weighted by Crippen LogP contribution is -2.34. The average molecular weight is 754 g/mol. The third kappa shape index (κ3) is 5.43. The van der Waals surface area contributed by atoms with Gasteiger partial charge >= 0.3 is 0 Å². The van der Waals surface area contributed by atoms with Crippen LogP contribution in [0.15, 0.2) is 182 Å². The van der Waals surface area contributed by atoms with Gasteiger partial charge in [-0.25, -0.2) is 0 Å². The first-order valence-corrected chi connectivity index (χ1v) is 20.0. The summed E-state index contributed by atoms with van der Waals surface area (Å²) in [5, 5.41) is 6.04. The molecule has 0 radical (unpaired) electrons. The van der Waals surface area contributed by atoms with Gasteiger partial charge in [-0.3, -0.25) is 0 Å². The maximum absolute atomic E-state index is 9.84. The van der Waals surface area contributed by atoms with Crippen LogP contribution in [0.5, 0.6) is 0 Å². The van der Waals surface area contributed by atoms with Gasteiger partial charge < -0.3 is 0 Å². The number of benzene rings is 10. The van der Waals surface area contributed by atoms with E-state index in [-0.39, 0.29) is 62.8 Å². The number of rotatable bonds is 4. The summed E-state index contributed by atoms with van der Waals surface area (Å²) in [5.74, 6) is 0. The van der Waals surface area contributed by atoms with Crippen molar-refractivity contribution in [2.75, 3.05) is 0 Å². The van der Waals surface area contributed by atoms with Crippen molar-refractivity contribution < 1.29 is 15.1 Å². The van der Waals surface area contributed by atoms with Gasteiger partial charge in [-0.1, -0.05) is 179 Å². The van der Waals surface area contributed by atoms with Gasteiger partial charge in [0.15, 0.2) is 0 Å². The van der Waals surface area contributed by atoms with E-state index in [9.17, 15) is 8.22 Å². The van der Waals surface area contributed by atoms with Gasteiger partial charge in [0.25, 0.3) is 0 Å². The minimum atomic E-state index is -0.547. The molecule has 11 rings (SSSR count). The maximum atomic E-state index is 9.84. The van der Waals surface area contributed by atoms with Crippen molar-refractivity contribution in [2.45, 2.75) is 51.4 Å². The highest BCUT2D eigenvalue weighted by Crippen LogP contribution is 2.52. The maximum Gasteiger partial charge on any atom is 0.0636 e. The molecule has 10 aromatic carbocycles. The Bertz CT molecular complexity index is 3920. The van der Waals surface area contributed by atoms with E-state index < -0.39 is 36.3 Å². The molecule has 0 nitrogen and oxygen atoms in total. The molecule has 0 aliphatic heterocycles. The summed E-state index contributed by atoms with van der Waals surface area (Å²) in [6.45, 7) is 8.68. The first-order chi connectivity index (χ1) is 32.8. The normalized spacial score (nSPS) is 17.3.